The number of carboxylic acid groups (broad SMARTS) is 1. The molecule has 0 heterocycles. The number of carbonyl (C=O) groups is 3. The Hall–Kier alpha value is -3.45. The molecule has 0 aliphatic carbocycles. The molecule has 0 bridgehead atoms. The SMILES string of the molecule is Cc1ccccc1C(=O)Oc1c(CNC(=O)c2ccccc2)cc(Br)cc1C(=O)O. The quantitative estimate of drug-likeness (QED) is 0.408. The Morgan fingerprint density at radius 1 is 0.967 bits per heavy atom. The average Bonchev–Trinajstić information content (AvgIpc) is 2.74. The minimum absolute atomic E-state index is 0.0240. The molecule has 7 heteroatoms. The number of aryl methyl sites for hydroxylation is 1. The van der Waals surface area contributed by atoms with E-state index in [-0.39, 0.29) is 23.8 Å². The molecule has 0 saturated heterocycles. The minimum atomic E-state index is -1.25. The fourth-order valence-electron chi connectivity index (χ4n) is 2.88. The number of esters is 1. The van der Waals surface area contributed by atoms with Gasteiger partial charge in [0.05, 0.1) is 5.56 Å². The van der Waals surface area contributed by atoms with Crippen molar-refractivity contribution in [2.75, 3.05) is 0 Å². The number of rotatable bonds is 6. The van der Waals surface area contributed by atoms with Crippen LogP contribution in [-0.4, -0.2) is 23.0 Å². The van der Waals surface area contributed by atoms with Crippen molar-refractivity contribution in [1.82, 2.24) is 5.32 Å². The van der Waals surface area contributed by atoms with E-state index in [0.717, 1.165) is 0 Å². The highest BCUT2D eigenvalue weighted by Crippen LogP contribution is 2.30. The van der Waals surface area contributed by atoms with Crippen molar-refractivity contribution in [3.05, 3.63) is 99.0 Å². The topological polar surface area (TPSA) is 92.7 Å². The summed E-state index contributed by atoms with van der Waals surface area (Å²) in [5, 5.41) is 12.3. The van der Waals surface area contributed by atoms with Crippen LogP contribution in [0.4, 0.5) is 0 Å². The highest BCUT2D eigenvalue weighted by Gasteiger charge is 2.22. The number of nitrogens with one attached hydrogen (secondary N) is 1. The summed E-state index contributed by atoms with van der Waals surface area (Å²) in [5.41, 5.74) is 1.67. The van der Waals surface area contributed by atoms with Gasteiger partial charge in [-0.3, -0.25) is 4.79 Å². The van der Waals surface area contributed by atoms with Crippen molar-refractivity contribution >= 4 is 33.8 Å². The third kappa shape index (κ3) is 4.93. The van der Waals surface area contributed by atoms with E-state index in [1.807, 2.05) is 0 Å². The molecule has 0 aliphatic rings. The normalized spacial score (nSPS) is 10.3. The van der Waals surface area contributed by atoms with Crippen LogP contribution in [0.25, 0.3) is 0 Å². The summed E-state index contributed by atoms with van der Waals surface area (Å²) in [5.74, 6) is -2.36. The molecule has 0 atom stereocenters. The zero-order chi connectivity index (χ0) is 21.7. The first kappa shape index (κ1) is 21.3. The second kappa shape index (κ2) is 9.37. The summed E-state index contributed by atoms with van der Waals surface area (Å²) >= 11 is 3.27. The summed E-state index contributed by atoms with van der Waals surface area (Å²) in [6.45, 7) is 1.74. The van der Waals surface area contributed by atoms with Gasteiger partial charge in [-0.05, 0) is 42.8 Å². The van der Waals surface area contributed by atoms with Crippen LogP contribution in [0.3, 0.4) is 0 Å². The standard InChI is InChI=1S/C23H18BrNO5/c1-14-7-5-6-10-18(14)23(29)30-20-16(11-17(24)12-19(20)22(27)28)13-25-21(26)15-8-3-2-4-9-15/h2-12H,13H2,1H3,(H,25,26)(H,27,28). The van der Waals surface area contributed by atoms with Gasteiger partial charge in [0.15, 0.2) is 5.75 Å². The van der Waals surface area contributed by atoms with Crippen LogP contribution in [0.5, 0.6) is 5.75 Å². The molecule has 0 spiro atoms. The molecule has 0 saturated carbocycles. The van der Waals surface area contributed by atoms with Crippen LogP contribution in [0, 0.1) is 6.92 Å². The molecule has 30 heavy (non-hydrogen) atoms. The van der Waals surface area contributed by atoms with Crippen LogP contribution >= 0.6 is 15.9 Å². The lowest BCUT2D eigenvalue weighted by Gasteiger charge is -2.15. The van der Waals surface area contributed by atoms with Crippen molar-refractivity contribution in [3.8, 4) is 5.75 Å². The maximum absolute atomic E-state index is 12.7. The molecular formula is C23H18BrNO5. The molecule has 0 aromatic heterocycles. The monoisotopic (exact) mass is 467 g/mol. The molecule has 0 aliphatic heterocycles. The maximum atomic E-state index is 12.7. The Kier molecular flexibility index (Phi) is 6.64. The second-order valence-electron chi connectivity index (χ2n) is 6.50. The van der Waals surface area contributed by atoms with Gasteiger partial charge in [-0.2, -0.15) is 0 Å². The first-order valence-corrected chi connectivity index (χ1v) is 9.83. The Morgan fingerprint density at radius 3 is 2.30 bits per heavy atom. The first-order valence-electron chi connectivity index (χ1n) is 9.03. The smallest absolute Gasteiger partial charge is 0.343 e. The number of amides is 1. The third-order valence-electron chi connectivity index (χ3n) is 4.40. The molecule has 0 unspecified atom stereocenters. The van der Waals surface area contributed by atoms with Crippen LogP contribution in [0.1, 0.15) is 42.2 Å². The van der Waals surface area contributed by atoms with Gasteiger partial charge in [0.2, 0.25) is 0 Å². The lowest BCUT2D eigenvalue weighted by Crippen LogP contribution is -2.24. The molecule has 3 rings (SSSR count). The molecule has 2 N–H and O–H groups in total. The first-order chi connectivity index (χ1) is 14.4. The van der Waals surface area contributed by atoms with E-state index in [4.69, 9.17) is 4.74 Å². The predicted octanol–water partition coefficient (Wildman–Crippen LogP) is 4.60. The van der Waals surface area contributed by atoms with Crippen molar-refractivity contribution in [3.63, 3.8) is 0 Å². The van der Waals surface area contributed by atoms with Gasteiger partial charge in [0.1, 0.15) is 5.56 Å². The Morgan fingerprint density at radius 2 is 1.63 bits per heavy atom. The van der Waals surface area contributed by atoms with Gasteiger partial charge in [0.25, 0.3) is 5.91 Å². The molecule has 3 aromatic carbocycles. The van der Waals surface area contributed by atoms with Crippen LogP contribution in [0.2, 0.25) is 0 Å². The van der Waals surface area contributed by atoms with Gasteiger partial charge < -0.3 is 15.2 Å². The van der Waals surface area contributed by atoms with Gasteiger partial charge in [-0.1, -0.05) is 52.3 Å². The Bertz CT molecular complexity index is 1110. The zero-order valence-electron chi connectivity index (χ0n) is 16.0. The molecule has 152 valence electrons. The molecule has 1 amide bonds. The second-order valence-corrected chi connectivity index (χ2v) is 7.42. The van der Waals surface area contributed by atoms with Gasteiger partial charge >= 0.3 is 11.9 Å². The number of aromatic carboxylic acids is 1. The van der Waals surface area contributed by atoms with Crippen LogP contribution < -0.4 is 10.1 Å². The lowest BCUT2D eigenvalue weighted by molar-refractivity contribution is 0.0680. The van der Waals surface area contributed by atoms with Crippen molar-refractivity contribution in [2.45, 2.75) is 13.5 Å². The number of hydrogen-bond acceptors (Lipinski definition) is 4. The number of halogens is 1. The van der Waals surface area contributed by atoms with E-state index in [1.54, 1.807) is 67.6 Å². The van der Waals surface area contributed by atoms with Crippen molar-refractivity contribution < 1.29 is 24.2 Å². The molecule has 0 radical (unpaired) electrons. The fraction of sp³-hybridized carbons (Fsp3) is 0.0870. The Balaban J connectivity index is 1.92. The van der Waals surface area contributed by atoms with E-state index >= 15 is 0 Å². The number of carbonyl (C=O) groups excluding carboxylic acids is 2. The van der Waals surface area contributed by atoms with E-state index in [1.165, 1.54) is 6.07 Å². The maximum Gasteiger partial charge on any atom is 0.343 e. The fourth-order valence-corrected chi connectivity index (χ4v) is 3.38. The summed E-state index contributed by atoms with van der Waals surface area (Å²) in [7, 11) is 0. The third-order valence-corrected chi connectivity index (χ3v) is 4.85. The summed E-state index contributed by atoms with van der Waals surface area (Å²) < 4.78 is 5.99. The van der Waals surface area contributed by atoms with Gasteiger partial charge in [0, 0.05) is 22.1 Å². The van der Waals surface area contributed by atoms with Gasteiger partial charge in [-0.15, -0.1) is 0 Å². The van der Waals surface area contributed by atoms with E-state index in [2.05, 4.69) is 21.2 Å². The Labute approximate surface area is 181 Å². The minimum Gasteiger partial charge on any atom is -0.478 e. The van der Waals surface area contributed by atoms with E-state index in [9.17, 15) is 19.5 Å². The number of hydrogen-bond donors (Lipinski definition) is 2. The average molecular weight is 468 g/mol. The molecular weight excluding hydrogens is 450 g/mol. The largest absolute Gasteiger partial charge is 0.478 e. The van der Waals surface area contributed by atoms with Gasteiger partial charge in [-0.25, -0.2) is 9.59 Å². The summed E-state index contributed by atoms with van der Waals surface area (Å²) in [4.78, 5) is 36.8. The lowest BCUT2D eigenvalue weighted by atomic mass is 10.1. The number of ether oxygens (including phenoxy) is 1. The summed E-state index contributed by atoms with van der Waals surface area (Å²) in [6.07, 6.45) is 0. The molecule has 6 nitrogen and oxygen atoms in total. The predicted molar refractivity (Wildman–Crippen MR) is 115 cm³/mol. The van der Waals surface area contributed by atoms with Crippen LogP contribution in [-0.2, 0) is 6.54 Å². The highest BCUT2D eigenvalue weighted by atomic mass is 79.9. The molecule has 0 fully saturated rings. The highest BCUT2D eigenvalue weighted by molar-refractivity contribution is 9.10. The number of benzene rings is 3. The van der Waals surface area contributed by atoms with E-state index in [0.29, 0.717) is 26.7 Å². The van der Waals surface area contributed by atoms with E-state index < -0.39 is 11.9 Å². The van der Waals surface area contributed by atoms with Crippen molar-refractivity contribution in [1.29, 1.82) is 0 Å². The number of carboxylic acids is 1. The molecule has 3 aromatic rings. The van der Waals surface area contributed by atoms with Crippen molar-refractivity contribution in [2.24, 2.45) is 0 Å². The zero-order valence-corrected chi connectivity index (χ0v) is 17.6. The summed E-state index contributed by atoms with van der Waals surface area (Å²) in [6, 6.07) is 18.4. The van der Waals surface area contributed by atoms with Crippen LogP contribution in [0.15, 0.2) is 71.2 Å².